The molecule has 0 bridgehead atoms. The topological polar surface area (TPSA) is 9.23 Å². The average Bonchev–Trinajstić information content (AvgIpc) is 3.10. The van der Waals surface area contributed by atoms with Crippen LogP contribution in [0.4, 0.5) is 17.6 Å². The lowest BCUT2D eigenvalue weighted by Crippen LogP contribution is -2.16. The lowest BCUT2D eigenvalue weighted by atomic mass is 9.87. The van der Waals surface area contributed by atoms with E-state index in [1.54, 1.807) is 18.2 Å². The fraction of sp³-hybridized carbons (Fsp3) is 0.394. The molecule has 1 aliphatic carbocycles. The molecular formula is C33H34Cl2F4O. The van der Waals surface area contributed by atoms with Crippen LogP contribution in [0.25, 0.3) is 11.1 Å². The molecule has 3 aromatic carbocycles. The number of hydrogen-bond donors (Lipinski definition) is 0. The molecule has 0 saturated carbocycles. The highest BCUT2D eigenvalue weighted by Crippen LogP contribution is 2.44. The van der Waals surface area contributed by atoms with E-state index in [-0.39, 0.29) is 12.8 Å². The molecule has 0 spiro atoms. The maximum atomic E-state index is 13.6. The number of alkyl halides is 4. The van der Waals surface area contributed by atoms with Crippen LogP contribution in [0.1, 0.15) is 86.1 Å². The van der Waals surface area contributed by atoms with E-state index >= 15 is 0 Å². The van der Waals surface area contributed by atoms with Gasteiger partial charge in [0, 0.05) is 10.0 Å². The van der Waals surface area contributed by atoms with Crippen molar-refractivity contribution in [1.82, 2.24) is 0 Å². The zero-order chi connectivity index (χ0) is 28.7. The van der Waals surface area contributed by atoms with Crippen molar-refractivity contribution in [3.8, 4) is 5.75 Å². The van der Waals surface area contributed by atoms with Gasteiger partial charge < -0.3 is 4.74 Å². The molecule has 40 heavy (non-hydrogen) atoms. The molecule has 0 aliphatic heterocycles. The van der Waals surface area contributed by atoms with Gasteiger partial charge in [0.2, 0.25) is 0 Å². The standard InChI is InChI=1S/C33H34Cl2F4O/c1-2-7-26(9-4-3-5-19-36)40-27-15-11-22(12-16-27)32-28-17-13-24(33(37,38)39)20-23(28)8-6-10-30(32)29-18-14-25(34)21-31(29)35/h11-18,20-21,26H,2-10,19H2,1H3. The van der Waals surface area contributed by atoms with Crippen molar-refractivity contribution in [2.75, 3.05) is 6.67 Å². The van der Waals surface area contributed by atoms with Gasteiger partial charge in [0.05, 0.1) is 18.3 Å². The van der Waals surface area contributed by atoms with Gasteiger partial charge in [0.1, 0.15) is 5.75 Å². The molecule has 3 aromatic rings. The highest BCUT2D eigenvalue weighted by molar-refractivity contribution is 6.36. The van der Waals surface area contributed by atoms with Crippen molar-refractivity contribution in [1.29, 1.82) is 0 Å². The Kier molecular flexibility index (Phi) is 10.6. The van der Waals surface area contributed by atoms with Crippen LogP contribution in [-0.4, -0.2) is 12.8 Å². The molecule has 1 atom stereocenters. The van der Waals surface area contributed by atoms with Crippen molar-refractivity contribution in [3.63, 3.8) is 0 Å². The lowest BCUT2D eigenvalue weighted by Gasteiger charge is -2.21. The molecule has 0 aromatic heterocycles. The summed E-state index contributed by atoms with van der Waals surface area (Å²) < 4.78 is 59.4. The predicted molar refractivity (Wildman–Crippen MR) is 157 cm³/mol. The number of aryl methyl sites for hydroxylation is 1. The summed E-state index contributed by atoms with van der Waals surface area (Å²) in [4.78, 5) is 0. The first kappa shape index (κ1) is 30.5. The fourth-order valence-electron chi connectivity index (χ4n) is 5.42. The number of allylic oxidation sites excluding steroid dienone is 1. The van der Waals surface area contributed by atoms with Crippen molar-refractivity contribution in [2.24, 2.45) is 0 Å². The fourth-order valence-corrected chi connectivity index (χ4v) is 5.94. The number of benzene rings is 3. The van der Waals surface area contributed by atoms with Gasteiger partial charge in [0.15, 0.2) is 0 Å². The van der Waals surface area contributed by atoms with Crippen LogP contribution in [0.5, 0.6) is 5.75 Å². The van der Waals surface area contributed by atoms with Gasteiger partial charge in [0.25, 0.3) is 0 Å². The van der Waals surface area contributed by atoms with Gasteiger partial charge in [-0.2, -0.15) is 13.2 Å². The van der Waals surface area contributed by atoms with Crippen LogP contribution in [-0.2, 0) is 12.6 Å². The molecule has 7 heteroatoms. The average molecular weight is 594 g/mol. The minimum absolute atomic E-state index is 0.0532. The summed E-state index contributed by atoms with van der Waals surface area (Å²) in [7, 11) is 0. The van der Waals surface area contributed by atoms with Crippen molar-refractivity contribution >= 4 is 34.3 Å². The maximum Gasteiger partial charge on any atom is 0.416 e. The second kappa shape index (κ2) is 13.9. The zero-order valence-corrected chi connectivity index (χ0v) is 24.1. The van der Waals surface area contributed by atoms with E-state index in [1.807, 2.05) is 30.3 Å². The third kappa shape index (κ3) is 7.61. The van der Waals surface area contributed by atoms with Gasteiger partial charge >= 0.3 is 6.18 Å². The monoisotopic (exact) mass is 592 g/mol. The maximum absolute atomic E-state index is 13.6. The predicted octanol–water partition coefficient (Wildman–Crippen LogP) is 11.4. The van der Waals surface area contributed by atoms with E-state index in [9.17, 15) is 17.6 Å². The van der Waals surface area contributed by atoms with Crippen molar-refractivity contribution < 1.29 is 22.3 Å². The number of unbranched alkanes of at least 4 members (excludes halogenated alkanes) is 2. The summed E-state index contributed by atoms with van der Waals surface area (Å²) in [5.74, 6) is 0.737. The summed E-state index contributed by atoms with van der Waals surface area (Å²) in [5, 5.41) is 1.03. The Bertz CT molecular complexity index is 1320. The lowest BCUT2D eigenvalue weighted by molar-refractivity contribution is -0.137. The molecule has 0 heterocycles. The minimum Gasteiger partial charge on any atom is -0.490 e. The number of rotatable bonds is 11. The van der Waals surface area contributed by atoms with E-state index < -0.39 is 11.7 Å². The summed E-state index contributed by atoms with van der Waals surface area (Å²) in [6, 6.07) is 17.1. The molecule has 214 valence electrons. The van der Waals surface area contributed by atoms with Gasteiger partial charge in [-0.05, 0) is 115 Å². The van der Waals surface area contributed by atoms with Crippen LogP contribution < -0.4 is 4.74 Å². The Balaban J connectivity index is 1.74. The Morgan fingerprint density at radius 3 is 2.27 bits per heavy atom. The number of hydrogen-bond acceptors (Lipinski definition) is 1. The molecule has 0 saturated heterocycles. The van der Waals surface area contributed by atoms with E-state index in [2.05, 4.69) is 6.92 Å². The van der Waals surface area contributed by atoms with Crippen LogP contribution in [0.3, 0.4) is 0 Å². The first-order valence-electron chi connectivity index (χ1n) is 13.9. The summed E-state index contributed by atoms with van der Waals surface area (Å²) in [6.07, 6.45) is 2.63. The minimum atomic E-state index is -4.41. The summed E-state index contributed by atoms with van der Waals surface area (Å²) in [5.41, 5.74) is 4.35. The van der Waals surface area contributed by atoms with Gasteiger partial charge in [-0.1, -0.05) is 67.2 Å². The molecule has 0 radical (unpaired) electrons. The molecule has 0 N–H and O–H groups in total. The molecule has 4 rings (SSSR count). The Hall–Kier alpha value is -2.50. The molecular weight excluding hydrogens is 559 g/mol. The van der Waals surface area contributed by atoms with Crippen LogP contribution >= 0.6 is 23.2 Å². The smallest absolute Gasteiger partial charge is 0.416 e. The quantitative estimate of drug-likeness (QED) is 0.159. The molecule has 1 nitrogen and oxygen atoms in total. The molecule has 1 aliphatic rings. The first-order valence-corrected chi connectivity index (χ1v) is 14.7. The summed E-state index contributed by atoms with van der Waals surface area (Å²) in [6.45, 7) is 1.82. The zero-order valence-electron chi connectivity index (χ0n) is 22.6. The second-order valence-electron chi connectivity index (χ2n) is 10.3. The number of halogens is 6. The van der Waals surface area contributed by atoms with Crippen molar-refractivity contribution in [3.05, 3.63) is 98.5 Å². The molecule has 0 amide bonds. The van der Waals surface area contributed by atoms with E-state index in [1.165, 1.54) is 6.07 Å². The van der Waals surface area contributed by atoms with E-state index in [0.717, 1.165) is 71.8 Å². The Morgan fingerprint density at radius 2 is 1.60 bits per heavy atom. The Morgan fingerprint density at radius 1 is 0.850 bits per heavy atom. The third-order valence-electron chi connectivity index (χ3n) is 7.35. The normalized spacial score (nSPS) is 14.6. The SMILES string of the molecule is CCCC(CCCCCF)Oc1ccc(C2=C(c3ccc(Cl)cc3Cl)CCCc3cc(C(F)(F)F)ccc32)cc1. The van der Waals surface area contributed by atoms with Crippen LogP contribution in [0, 0.1) is 0 Å². The van der Waals surface area contributed by atoms with Gasteiger partial charge in [-0.15, -0.1) is 0 Å². The third-order valence-corrected chi connectivity index (χ3v) is 7.90. The highest BCUT2D eigenvalue weighted by Gasteiger charge is 2.32. The van der Waals surface area contributed by atoms with Crippen molar-refractivity contribution in [2.45, 2.75) is 77.0 Å². The molecule has 0 fully saturated rings. The number of fused-ring (bicyclic) bond motifs is 1. The second-order valence-corrected chi connectivity index (χ2v) is 11.1. The van der Waals surface area contributed by atoms with Crippen LogP contribution in [0.15, 0.2) is 60.7 Å². The van der Waals surface area contributed by atoms with Gasteiger partial charge in [-0.25, -0.2) is 0 Å². The van der Waals surface area contributed by atoms with E-state index in [4.69, 9.17) is 27.9 Å². The largest absolute Gasteiger partial charge is 0.490 e. The Labute approximate surface area is 244 Å². The van der Waals surface area contributed by atoms with E-state index in [0.29, 0.717) is 41.3 Å². The number of ether oxygens (including phenoxy) is 1. The van der Waals surface area contributed by atoms with Crippen LogP contribution in [0.2, 0.25) is 10.0 Å². The highest BCUT2D eigenvalue weighted by atomic mass is 35.5. The molecule has 1 unspecified atom stereocenters. The van der Waals surface area contributed by atoms with Gasteiger partial charge in [-0.3, -0.25) is 4.39 Å². The summed E-state index contributed by atoms with van der Waals surface area (Å²) >= 11 is 12.8. The first-order chi connectivity index (χ1) is 19.2.